The molecule has 0 saturated carbocycles. The number of rotatable bonds is 10. The van der Waals surface area contributed by atoms with Crippen LogP contribution < -0.4 is 24.3 Å². The number of ether oxygens (including phenoxy) is 4. The highest BCUT2D eigenvalue weighted by Crippen LogP contribution is 2.37. The Bertz CT molecular complexity index is 1580. The van der Waals surface area contributed by atoms with Crippen molar-refractivity contribution < 1.29 is 28.1 Å². The molecule has 4 aromatic carbocycles. The van der Waals surface area contributed by atoms with Gasteiger partial charge in [-0.1, -0.05) is 35.2 Å². The predicted octanol–water partition coefficient (Wildman–Crippen LogP) is 7.37. The topological polar surface area (TPSA) is 78.9 Å². The van der Waals surface area contributed by atoms with E-state index in [1.54, 1.807) is 63.8 Å². The number of methoxy groups -OCH3 is 3. The summed E-state index contributed by atoms with van der Waals surface area (Å²) in [7, 11) is 4.71. The number of nitrogens with zero attached hydrogens (tertiary/aromatic N) is 1. The van der Waals surface area contributed by atoms with Crippen molar-refractivity contribution in [3.05, 3.63) is 96.3 Å². The normalized spacial score (nSPS) is 11.6. The summed E-state index contributed by atoms with van der Waals surface area (Å²) in [4.78, 5) is 20.0. The molecule has 0 aliphatic rings. The first-order valence-corrected chi connectivity index (χ1v) is 13.8. The highest BCUT2D eigenvalue weighted by atomic mass is 32.2. The van der Waals surface area contributed by atoms with Crippen LogP contribution in [0.4, 0.5) is 9.52 Å². The molecule has 1 N–H and O–H groups in total. The van der Waals surface area contributed by atoms with E-state index in [2.05, 4.69) is 10.3 Å². The van der Waals surface area contributed by atoms with Crippen molar-refractivity contribution in [2.24, 2.45) is 0 Å². The smallest absolute Gasteiger partial charge is 0.271 e. The first-order valence-electron chi connectivity index (χ1n) is 12.1. The van der Waals surface area contributed by atoms with Crippen LogP contribution in [0, 0.1) is 5.82 Å². The van der Waals surface area contributed by atoms with Crippen molar-refractivity contribution in [2.75, 3.05) is 26.6 Å². The molecule has 0 fully saturated rings. The molecule has 0 spiro atoms. The van der Waals surface area contributed by atoms with Crippen molar-refractivity contribution in [1.29, 1.82) is 0 Å². The maximum Gasteiger partial charge on any atom is 0.271 e. The zero-order valence-corrected chi connectivity index (χ0v) is 23.5. The van der Waals surface area contributed by atoms with Crippen LogP contribution in [-0.2, 0) is 4.79 Å². The van der Waals surface area contributed by atoms with E-state index >= 15 is 0 Å². The minimum atomic E-state index is -0.988. The summed E-state index contributed by atoms with van der Waals surface area (Å²) in [6.07, 6.45) is -0.988. The Hall–Kier alpha value is -4.28. The van der Waals surface area contributed by atoms with Crippen LogP contribution >= 0.6 is 23.1 Å². The molecule has 1 amide bonds. The molecule has 5 aromatic rings. The Morgan fingerprint density at radius 3 is 2.25 bits per heavy atom. The monoisotopic (exact) mass is 576 g/mol. The molecule has 0 aliphatic carbocycles. The lowest BCUT2D eigenvalue weighted by Crippen LogP contribution is -2.25. The minimum absolute atomic E-state index is 0.297. The summed E-state index contributed by atoms with van der Waals surface area (Å²) < 4.78 is 36.4. The van der Waals surface area contributed by atoms with E-state index in [-0.39, 0.29) is 5.82 Å². The van der Waals surface area contributed by atoms with Gasteiger partial charge in [-0.05, 0) is 60.7 Å². The van der Waals surface area contributed by atoms with E-state index in [4.69, 9.17) is 18.9 Å². The second kappa shape index (κ2) is 12.3. The van der Waals surface area contributed by atoms with Crippen LogP contribution in [0.25, 0.3) is 10.2 Å². The van der Waals surface area contributed by atoms with Crippen LogP contribution in [-0.4, -0.2) is 32.2 Å². The molecule has 40 heavy (non-hydrogen) atoms. The minimum Gasteiger partial charge on any atom is -0.497 e. The summed E-state index contributed by atoms with van der Waals surface area (Å²) in [5.74, 6) is 1.61. The first kappa shape index (κ1) is 27.3. The standard InChI is InChI=1S/C30H25FN2O5S2/c1-35-20-9-11-21(12-10-20)38-28(18-5-4-6-23(15-18)39-22-13-7-19(31)8-14-22)29(34)33-30-32-24-16-25(36-2)26(37-3)17-27(24)40-30/h4-17,28H,1-3H3,(H,32,33,34). The molecule has 5 rings (SSSR count). The second-order valence-corrected chi connectivity index (χ2v) is 10.7. The fourth-order valence-corrected chi connectivity index (χ4v) is 5.69. The lowest BCUT2D eigenvalue weighted by Gasteiger charge is -2.19. The third kappa shape index (κ3) is 6.30. The van der Waals surface area contributed by atoms with Gasteiger partial charge in [0.2, 0.25) is 6.10 Å². The number of fused-ring (bicyclic) bond motifs is 1. The molecular formula is C30H25FN2O5S2. The number of amides is 1. The average Bonchev–Trinajstić information content (AvgIpc) is 3.37. The quantitative estimate of drug-likeness (QED) is 0.186. The fourth-order valence-electron chi connectivity index (χ4n) is 3.92. The molecule has 1 aromatic heterocycles. The molecule has 204 valence electrons. The summed E-state index contributed by atoms with van der Waals surface area (Å²) in [6.45, 7) is 0. The van der Waals surface area contributed by atoms with Crippen LogP contribution in [0.2, 0.25) is 0 Å². The Morgan fingerprint density at radius 2 is 1.55 bits per heavy atom. The van der Waals surface area contributed by atoms with Crippen molar-refractivity contribution in [1.82, 2.24) is 4.98 Å². The Morgan fingerprint density at radius 1 is 0.850 bits per heavy atom. The number of thiazole rings is 1. The number of carbonyl (C=O) groups is 1. The van der Waals surface area contributed by atoms with Gasteiger partial charge in [0.15, 0.2) is 16.6 Å². The van der Waals surface area contributed by atoms with E-state index in [1.165, 1.54) is 35.2 Å². The molecule has 0 radical (unpaired) electrons. The molecule has 10 heteroatoms. The third-order valence-electron chi connectivity index (χ3n) is 5.89. The van der Waals surface area contributed by atoms with Crippen molar-refractivity contribution >= 4 is 44.4 Å². The van der Waals surface area contributed by atoms with Gasteiger partial charge in [-0.25, -0.2) is 9.37 Å². The maximum atomic E-state index is 13.7. The van der Waals surface area contributed by atoms with Gasteiger partial charge in [0, 0.05) is 27.5 Å². The number of hydrogen-bond acceptors (Lipinski definition) is 8. The summed E-state index contributed by atoms with van der Waals surface area (Å²) in [5, 5.41) is 3.32. The van der Waals surface area contributed by atoms with E-state index in [0.29, 0.717) is 39.2 Å². The molecule has 0 bridgehead atoms. The first-order chi connectivity index (χ1) is 19.4. The van der Waals surface area contributed by atoms with Gasteiger partial charge in [-0.15, -0.1) is 0 Å². The van der Waals surface area contributed by atoms with E-state index in [1.807, 2.05) is 30.3 Å². The number of carbonyl (C=O) groups excluding carboxylic acids is 1. The molecule has 0 saturated heterocycles. The van der Waals surface area contributed by atoms with E-state index < -0.39 is 12.0 Å². The van der Waals surface area contributed by atoms with Crippen LogP contribution in [0.5, 0.6) is 23.0 Å². The van der Waals surface area contributed by atoms with Crippen LogP contribution in [0.1, 0.15) is 11.7 Å². The highest BCUT2D eigenvalue weighted by Gasteiger charge is 2.25. The van der Waals surface area contributed by atoms with Gasteiger partial charge < -0.3 is 18.9 Å². The number of nitrogens with one attached hydrogen (secondary N) is 1. The number of hydrogen-bond donors (Lipinski definition) is 1. The molecule has 0 aliphatic heterocycles. The lowest BCUT2D eigenvalue weighted by atomic mass is 10.1. The molecule has 1 heterocycles. The highest BCUT2D eigenvalue weighted by molar-refractivity contribution is 7.99. The molecule has 1 unspecified atom stereocenters. The van der Waals surface area contributed by atoms with Gasteiger partial charge in [0.1, 0.15) is 17.3 Å². The molecule has 1 atom stereocenters. The van der Waals surface area contributed by atoms with Gasteiger partial charge in [0.25, 0.3) is 5.91 Å². The van der Waals surface area contributed by atoms with Crippen molar-refractivity contribution in [2.45, 2.75) is 15.9 Å². The number of aromatic nitrogens is 1. The van der Waals surface area contributed by atoms with Crippen molar-refractivity contribution in [3.8, 4) is 23.0 Å². The van der Waals surface area contributed by atoms with Gasteiger partial charge in [0.05, 0.1) is 31.5 Å². The zero-order chi connectivity index (χ0) is 28.1. The molecular weight excluding hydrogens is 551 g/mol. The molecule has 7 nitrogen and oxygen atoms in total. The van der Waals surface area contributed by atoms with Crippen LogP contribution in [0.3, 0.4) is 0 Å². The summed E-state index contributed by atoms with van der Waals surface area (Å²) in [5.41, 5.74) is 1.31. The predicted molar refractivity (Wildman–Crippen MR) is 155 cm³/mol. The lowest BCUT2D eigenvalue weighted by molar-refractivity contribution is -0.123. The maximum absolute atomic E-state index is 13.7. The number of halogens is 1. The Balaban J connectivity index is 1.44. The Labute approximate surface area is 238 Å². The van der Waals surface area contributed by atoms with E-state index in [9.17, 15) is 9.18 Å². The summed E-state index contributed by atoms with van der Waals surface area (Å²) in [6, 6.07) is 24.3. The summed E-state index contributed by atoms with van der Waals surface area (Å²) >= 11 is 2.78. The Kier molecular flexibility index (Phi) is 8.37. The third-order valence-corrected chi connectivity index (χ3v) is 7.82. The zero-order valence-electron chi connectivity index (χ0n) is 21.8. The fraction of sp³-hybridized carbons (Fsp3) is 0.133. The van der Waals surface area contributed by atoms with Crippen LogP contribution in [0.15, 0.2) is 94.7 Å². The van der Waals surface area contributed by atoms with Crippen molar-refractivity contribution in [3.63, 3.8) is 0 Å². The second-order valence-electron chi connectivity index (χ2n) is 8.49. The number of anilines is 1. The number of benzene rings is 4. The largest absolute Gasteiger partial charge is 0.497 e. The van der Waals surface area contributed by atoms with E-state index in [0.717, 1.165) is 14.5 Å². The SMILES string of the molecule is COc1ccc(OC(C(=O)Nc2nc3cc(OC)c(OC)cc3s2)c2cccc(Sc3ccc(F)cc3)c2)cc1. The van der Waals surface area contributed by atoms with Gasteiger partial charge >= 0.3 is 0 Å². The van der Waals surface area contributed by atoms with Gasteiger partial charge in [-0.2, -0.15) is 0 Å². The average molecular weight is 577 g/mol. The van der Waals surface area contributed by atoms with Gasteiger partial charge in [-0.3, -0.25) is 10.1 Å².